The number of furan rings is 2. The van der Waals surface area contributed by atoms with Gasteiger partial charge in [0.05, 0.1) is 10.4 Å². The van der Waals surface area contributed by atoms with Gasteiger partial charge in [-0.05, 0) is 82.1 Å². The second-order valence-corrected chi connectivity index (χ2v) is 15.5. The summed E-state index contributed by atoms with van der Waals surface area (Å²) in [4.78, 5) is 2.38. The van der Waals surface area contributed by atoms with E-state index in [2.05, 4.69) is 181 Å². The van der Waals surface area contributed by atoms with Crippen LogP contribution in [0.3, 0.4) is 0 Å². The summed E-state index contributed by atoms with van der Waals surface area (Å²) in [5, 5.41) is 9.16. The molecular formula is C52H31NO2S. The van der Waals surface area contributed by atoms with Crippen molar-refractivity contribution in [3.05, 3.63) is 188 Å². The van der Waals surface area contributed by atoms with Crippen LogP contribution in [0.4, 0.5) is 17.1 Å². The Hall–Kier alpha value is -7.14. The summed E-state index contributed by atoms with van der Waals surface area (Å²) in [6.45, 7) is 0. The molecule has 9 aromatic carbocycles. The molecule has 262 valence electrons. The Morgan fingerprint density at radius 2 is 1.11 bits per heavy atom. The Balaban J connectivity index is 1.10. The number of fused-ring (bicyclic) bond motifs is 10. The number of anilines is 3. The molecule has 0 spiro atoms. The zero-order valence-corrected chi connectivity index (χ0v) is 30.9. The van der Waals surface area contributed by atoms with Crippen LogP contribution >= 0.6 is 11.3 Å². The van der Waals surface area contributed by atoms with E-state index >= 15 is 0 Å². The molecule has 56 heavy (non-hydrogen) atoms. The zero-order chi connectivity index (χ0) is 36.7. The number of benzene rings is 9. The summed E-state index contributed by atoms with van der Waals surface area (Å²) >= 11 is 1.84. The molecule has 4 heteroatoms. The van der Waals surface area contributed by atoms with Crippen molar-refractivity contribution in [1.29, 1.82) is 0 Å². The second kappa shape index (κ2) is 12.2. The molecule has 0 bridgehead atoms. The third-order valence-electron chi connectivity index (χ3n) is 11.2. The van der Waals surface area contributed by atoms with Gasteiger partial charge in [-0.3, -0.25) is 0 Å². The van der Waals surface area contributed by atoms with E-state index in [0.717, 1.165) is 72.1 Å². The summed E-state index contributed by atoms with van der Waals surface area (Å²) in [5.74, 6) is 0. The van der Waals surface area contributed by atoms with Crippen LogP contribution in [0.15, 0.2) is 197 Å². The predicted octanol–water partition coefficient (Wildman–Crippen LogP) is 15.8. The van der Waals surface area contributed by atoms with Crippen LogP contribution < -0.4 is 4.90 Å². The fourth-order valence-corrected chi connectivity index (χ4v) is 9.84. The number of hydrogen-bond acceptors (Lipinski definition) is 4. The van der Waals surface area contributed by atoms with Crippen molar-refractivity contribution in [2.24, 2.45) is 0 Å². The van der Waals surface area contributed by atoms with Crippen LogP contribution in [0.1, 0.15) is 0 Å². The number of hydrogen-bond donors (Lipinski definition) is 0. The van der Waals surface area contributed by atoms with Crippen LogP contribution in [0.5, 0.6) is 0 Å². The van der Waals surface area contributed by atoms with Gasteiger partial charge in [-0.2, -0.15) is 0 Å². The van der Waals surface area contributed by atoms with Gasteiger partial charge < -0.3 is 13.7 Å². The predicted molar refractivity (Wildman–Crippen MR) is 237 cm³/mol. The first-order chi connectivity index (χ1) is 27.7. The monoisotopic (exact) mass is 733 g/mol. The highest BCUT2D eigenvalue weighted by Crippen LogP contribution is 2.48. The van der Waals surface area contributed by atoms with E-state index in [1.54, 1.807) is 0 Å². The molecule has 0 aliphatic rings. The first-order valence-electron chi connectivity index (χ1n) is 18.9. The molecule has 12 aromatic rings. The fraction of sp³-hybridized carbons (Fsp3) is 0. The van der Waals surface area contributed by atoms with E-state index in [1.807, 2.05) is 23.5 Å². The van der Waals surface area contributed by atoms with Crippen LogP contribution in [0.2, 0.25) is 0 Å². The van der Waals surface area contributed by atoms with Crippen LogP contribution in [-0.4, -0.2) is 0 Å². The summed E-state index contributed by atoms with van der Waals surface area (Å²) < 4.78 is 16.2. The summed E-state index contributed by atoms with van der Waals surface area (Å²) in [6, 6.07) is 67.1. The van der Waals surface area contributed by atoms with E-state index in [-0.39, 0.29) is 0 Å². The molecule has 0 amide bonds. The Morgan fingerprint density at radius 3 is 2.00 bits per heavy atom. The molecule has 0 aliphatic carbocycles. The Morgan fingerprint density at radius 1 is 0.393 bits per heavy atom. The van der Waals surface area contributed by atoms with E-state index in [9.17, 15) is 0 Å². The molecule has 0 aliphatic heterocycles. The zero-order valence-electron chi connectivity index (χ0n) is 30.1. The highest BCUT2D eigenvalue weighted by molar-refractivity contribution is 7.26. The third kappa shape index (κ3) is 4.76. The lowest BCUT2D eigenvalue weighted by Gasteiger charge is -2.26. The minimum Gasteiger partial charge on any atom is -0.456 e. The first kappa shape index (κ1) is 31.2. The Bertz CT molecular complexity index is 3480. The van der Waals surface area contributed by atoms with Gasteiger partial charge in [0.1, 0.15) is 22.3 Å². The largest absolute Gasteiger partial charge is 0.456 e. The molecule has 0 N–H and O–H groups in total. The molecule has 12 rings (SSSR count). The van der Waals surface area contributed by atoms with Gasteiger partial charge in [0, 0.05) is 60.0 Å². The van der Waals surface area contributed by atoms with E-state index in [4.69, 9.17) is 8.83 Å². The maximum absolute atomic E-state index is 7.09. The number of para-hydroxylation sites is 1. The summed E-state index contributed by atoms with van der Waals surface area (Å²) in [5.41, 5.74) is 11.2. The highest BCUT2D eigenvalue weighted by atomic mass is 32.1. The van der Waals surface area contributed by atoms with Gasteiger partial charge >= 0.3 is 0 Å². The fourth-order valence-electron chi connectivity index (χ4n) is 8.63. The lowest BCUT2D eigenvalue weighted by molar-refractivity contribution is 0.664. The van der Waals surface area contributed by atoms with Gasteiger partial charge in [0.25, 0.3) is 0 Å². The van der Waals surface area contributed by atoms with Crippen molar-refractivity contribution >= 4 is 103 Å². The standard InChI is InChI=1S/C52H31NO2S/c1-2-11-32(12-3-1)34-23-25-37(26-24-34)53(44-18-10-17-41-40-15-7-9-20-48(40)56-52(41)44)38-27-28-39-43-31-47-50(42-16-6-8-19-45(42)54-47)49(51(43)55-46(39)30-38)36-22-21-33-13-4-5-14-35(33)29-36/h1-31H. The Kier molecular flexibility index (Phi) is 6.80. The van der Waals surface area contributed by atoms with Crippen molar-refractivity contribution in [2.45, 2.75) is 0 Å². The van der Waals surface area contributed by atoms with E-state index < -0.39 is 0 Å². The molecule has 0 fully saturated rings. The molecule has 0 unspecified atom stereocenters. The average molecular weight is 734 g/mol. The summed E-state index contributed by atoms with van der Waals surface area (Å²) in [6.07, 6.45) is 0. The topological polar surface area (TPSA) is 29.5 Å². The van der Waals surface area contributed by atoms with Crippen LogP contribution in [0, 0.1) is 0 Å². The molecule has 3 nitrogen and oxygen atoms in total. The molecule has 0 saturated heterocycles. The summed E-state index contributed by atoms with van der Waals surface area (Å²) in [7, 11) is 0. The first-order valence-corrected chi connectivity index (χ1v) is 19.7. The minimum atomic E-state index is 0.825. The Labute approximate surface area is 325 Å². The van der Waals surface area contributed by atoms with Crippen LogP contribution in [-0.2, 0) is 0 Å². The average Bonchev–Trinajstić information content (AvgIpc) is 3.95. The number of thiophene rings is 1. The van der Waals surface area contributed by atoms with Gasteiger partial charge in [-0.15, -0.1) is 11.3 Å². The molecule has 0 saturated carbocycles. The molecular weight excluding hydrogens is 703 g/mol. The van der Waals surface area contributed by atoms with E-state index in [1.165, 1.54) is 42.1 Å². The second-order valence-electron chi connectivity index (χ2n) is 14.4. The van der Waals surface area contributed by atoms with Crippen molar-refractivity contribution < 1.29 is 8.83 Å². The SMILES string of the molecule is c1ccc(-c2ccc(N(c3ccc4c(c3)oc3c(-c5ccc6ccccc6c5)c5c(cc34)oc3ccccc35)c3cccc4c3sc3ccccc34)cc2)cc1. The number of nitrogens with zero attached hydrogens (tertiary/aromatic N) is 1. The van der Waals surface area contributed by atoms with Gasteiger partial charge in [-0.1, -0.05) is 127 Å². The van der Waals surface area contributed by atoms with Crippen molar-refractivity contribution in [3.63, 3.8) is 0 Å². The van der Waals surface area contributed by atoms with Crippen molar-refractivity contribution in [2.75, 3.05) is 4.90 Å². The molecule has 3 aromatic heterocycles. The lowest BCUT2D eigenvalue weighted by atomic mass is 9.95. The smallest absolute Gasteiger partial charge is 0.144 e. The van der Waals surface area contributed by atoms with Gasteiger partial charge in [0.15, 0.2) is 0 Å². The maximum Gasteiger partial charge on any atom is 0.144 e. The lowest BCUT2D eigenvalue weighted by Crippen LogP contribution is -2.10. The van der Waals surface area contributed by atoms with Gasteiger partial charge in [0.2, 0.25) is 0 Å². The molecule has 0 radical (unpaired) electrons. The number of rotatable bonds is 5. The molecule has 0 atom stereocenters. The van der Waals surface area contributed by atoms with Crippen molar-refractivity contribution in [1.82, 2.24) is 0 Å². The highest BCUT2D eigenvalue weighted by Gasteiger charge is 2.23. The quantitative estimate of drug-likeness (QED) is 0.176. The third-order valence-corrected chi connectivity index (χ3v) is 12.4. The van der Waals surface area contributed by atoms with E-state index in [0.29, 0.717) is 0 Å². The minimum absolute atomic E-state index is 0.825. The molecule has 3 heterocycles. The van der Waals surface area contributed by atoms with Crippen LogP contribution in [0.25, 0.3) is 97.1 Å². The normalized spacial score (nSPS) is 11.9. The maximum atomic E-state index is 7.09. The van der Waals surface area contributed by atoms with Crippen molar-refractivity contribution in [3.8, 4) is 22.3 Å². The van der Waals surface area contributed by atoms with Gasteiger partial charge in [-0.25, -0.2) is 0 Å².